The van der Waals surface area contributed by atoms with Crippen LogP contribution in [0.3, 0.4) is 0 Å². The number of halogens is 1. The largest absolute Gasteiger partial charge is 0.349 e. The molecule has 1 aliphatic rings. The number of amides is 1. The van der Waals surface area contributed by atoms with Crippen molar-refractivity contribution in [3.63, 3.8) is 0 Å². The van der Waals surface area contributed by atoms with Crippen molar-refractivity contribution in [1.82, 2.24) is 9.88 Å². The molecule has 3 rings (SSSR count). The predicted molar refractivity (Wildman–Crippen MR) is 99.1 cm³/mol. The van der Waals surface area contributed by atoms with Gasteiger partial charge in [0.05, 0.1) is 5.56 Å². The van der Waals surface area contributed by atoms with E-state index in [0.717, 1.165) is 41.4 Å². The number of hydrogen-bond donors (Lipinski definition) is 1. The summed E-state index contributed by atoms with van der Waals surface area (Å²) in [6.45, 7) is 6.32. The lowest BCUT2D eigenvalue weighted by Gasteiger charge is -2.26. The number of nitrogens with one attached hydrogen (secondary N) is 1. The Bertz CT molecular complexity index is 725. The molecule has 4 heteroatoms. The van der Waals surface area contributed by atoms with Crippen molar-refractivity contribution < 1.29 is 4.79 Å². The van der Waals surface area contributed by atoms with Gasteiger partial charge in [-0.15, -0.1) is 0 Å². The Morgan fingerprint density at radius 1 is 1.12 bits per heavy atom. The Morgan fingerprint density at radius 2 is 1.75 bits per heavy atom. The van der Waals surface area contributed by atoms with Crippen LogP contribution in [0.5, 0.6) is 0 Å². The molecule has 0 atom stereocenters. The Kier molecular flexibility index (Phi) is 5.00. The van der Waals surface area contributed by atoms with Crippen LogP contribution in [-0.2, 0) is 0 Å². The van der Waals surface area contributed by atoms with E-state index >= 15 is 0 Å². The monoisotopic (exact) mass is 344 g/mol. The van der Waals surface area contributed by atoms with E-state index < -0.39 is 0 Å². The van der Waals surface area contributed by atoms with Crippen molar-refractivity contribution >= 4 is 17.5 Å². The maximum absolute atomic E-state index is 12.7. The highest BCUT2D eigenvalue weighted by molar-refractivity contribution is 6.30. The molecule has 128 valence electrons. The molecule has 0 bridgehead atoms. The molecule has 1 saturated carbocycles. The highest BCUT2D eigenvalue weighted by Gasteiger charge is 2.22. The van der Waals surface area contributed by atoms with Crippen molar-refractivity contribution in [2.24, 2.45) is 5.92 Å². The lowest BCUT2D eigenvalue weighted by atomic mass is 9.87. The second-order valence-corrected chi connectivity index (χ2v) is 7.46. The van der Waals surface area contributed by atoms with Crippen LogP contribution < -0.4 is 5.32 Å². The van der Waals surface area contributed by atoms with Gasteiger partial charge in [-0.05, 0) is 75.8 Å². The summed E-state index contributed by atoms with van der Waals surface area (Å²) in [5.41, 5.74) is 3.81. The van der Waals surface area contributed by atoms with Gasteiger partial charge in [0.15, 0.2) is 0 Å². The fourth-order valence-electron chi connectivity index (χ4n) is 3.65. The van der Waals surface area contributed by atoms with Gasteiger partial charge in [0.25, 0.3) is 5.91 Å². The van der Waals surface area contributed by atoms with Gasteiger partial charge in [-0.2, -0.15) is 0 Å². The van der Waals surface area contributed by atoms with Gasteiger partial charge in [0, 0.05) is 28.1 Å². The third-order valence-electron chi connectivity index (χ3n) is 5.11. The van der Waals surface area contributed by atoms with Gasteiger partial charge in [0.2, 0.25) is 0 Å². The second kappa shape index (κ2) is 7.02. The van der Waals surface area contributed by atoms with E-state index in [4.69, 9.17) is 11.6 Å². The summed E-state index contributed by atoms with van der Waals surface area (Å²) in [7, 11) is 0. The molecule has 0 radical (unpaired) electrons. The normalized spacial score (nSPS) is 20.8. The van der Waals surface area contributed by atoms with E-state index in [1.165, 1.54) is 12.8 Å². The summed E-state index contributed by atoms with van der Waals surface area (Å²) in [6.07, 6.45) is 4.58. The number of carbonyl (C=O) groups excluding carboxylic acids is 1. The van der Waals surface area contributed by atoms with Crippen molar-refractivity contribution in [2.45, 2.75) is 52.5 Å². The number of carbonyl (C=O) groups is 1. The van der Waals surface area contributed by atoms with Crippen LogP contribution in [0, 0.1) is 19.8 Å². The molecule has 0 spiro atoms. The molecule has 1 N–H and O–H groups in total. The Balaban J connectivity index is 1.80. The first-order chi connectivity index (χ1) is 11.5. The van der Waals surface area contributed by atoms with E-state index in [1.54, 1.807) is 0 Å². The zero-order chi connectivity index (χ0) is 17.3. The van der Waals surface area contributed by atoms with Crippen molar-refractivity contribution in [3.05, 3.63) is 52.3 Å². The van der Waals surface area contributed by atoms with Gasteiger partial charge in [-0.1, -0.05) is 18.5 Å². The summed E-state index contributed by atoms with van der Waals surface area (Å²) in [4.78, 5) is 12.7. The number of hydrogen-bond acceptors (Lipinski definition) is 1. The summed E-state index contributed by atoms with van der Waals surface area (Å²) in [5, 5.41) is 3.94. The van der Waals surface area contributed by atoms with Crippen LogP contribution in [-0.4, -0.2) is 16.5 Å². The zero-order valence-electron chi connectivity index (χ0n) is 14.6. The number of aryl methyl sites for hydroxylation is 1. The first-order valence-corrected chi connectivity index (χ1v) is 9.09. The van der Waals surface area contributed by atoms with Crippen molar-refractivity contribution in [3.8, 4) is 5.69 Å². The molecule has 24 heavy (non-hydrogen) atoms. The van der Waals surface area contributed by atoms with Gasteiger partial charge < -0.3 is 9.88 Å². The van der Waals surface area contributed by atoms with Crippen LogP contribution in [0.2, 0.25) is 5.02 Å². The molecule has 0 unspecified atom stereocenters. The molecule has 1 aromatic carbocycles. The highest BCUT2D eigenvalue weighted by atomic mass is 35.5. The molecule has 0 aliphatic heterocycles. The predicted octanol–water partition coefficient (Wildman–Crippen LogP) is 5.06. The summed E-state index contributed by atoms with van der Waals surface area (Å²) in [6, 6.07) is 9.99. The minimum absolute atomic E-state index is 0.0443. The van der Waals surface area contributed by atoms with Crippen molar-refractivity contribution in [1.29, 1.82) is 0 Å². The van der Waals surface area contributed by atoms with Gasteiger partial charge in [-0.3, -0.25) is 4.79 Å². The number of aromatic nitrogens is 1. The lowest BCUT2D eigenvalue weighted by molar-refractivity contribution is 0.0922. The fourth-order valence-corrected chi connectivity index (χ4v) is 3.77. The third-order valence-corrected chi connectivity index (χ3v) is 5.36. The minimum atomic E-state index is 0.0443. The van der Waals surface area contributed by atoms with E-state index in [2.05, 4.69) is 16.8 Å². The summed E-state index contributed by atoms with van der Waals surface area (Å²) < 4.78 is 2.11. The van der Waals surface area contributed by atoms with E-state index in [0.29, 0.717) is 11.1 Å². The smallest absolute Gasteiger partial charge is 0.253 e. The summed E-state index contributed by atoms with van der Waals surface area (Å²) in [5.74, 6) is 0.830. The first-order valence-electron chi connectivity index (χ1n) is 8.71. The van der Waals surface area contributed by atoms with Crippen molar-refractivity contribution in [2.75, 3.05) is 0 Å². The molecule has 1 heterocycles. The number of nitrogens with zero attached hydrogens (tertiary/aromatic N) is 1. The van der Waals surface area contributed by atoms with Crippen LogP contribution in [0.4, 0.5) is 0 Å². The van der Waals surface area contributed by atoms with Crippen LogP contribution in [0.1, 0.15) is 54.4 Å². The topological polar surface area (TPSA) is 34.0 Å². The third kappa shape index (κ3) is 3.51. The molecule has 2 aromatic rings. The quantitative estimate of drug-likeness (QED) is 0.830. The lowest BCUT2D eigenvalue weighted by Crippen LogP contribution is -2.37. The first kappa shape index (κ1) is 17.1. The Morgan fingerprint density at radius 3 is 2.38 bits per heavy atom. The number of rotatable bonds is 3. The Labute approximate surface area is 149 Å². The van der Waals surface area contributed by atoms with Crippen LogP contribution in [0.25, 0.3) is 5.69 Å². The molecular weight excluding hydrogens is 320 g/mol. The molecule has 1 aliphatic carbocycles. The van der Waals surface area contributed by atoms with E-state index in [-0.39, 0.29) is 5.91 Å². The molecule has 3 nitrogen and oxygen atoms in total. The minimum Gasteiger partial charge on any atom is -0.349 e. The highest BCUT2D eigenvalue weighted by Crippen LogP contribution is 2.25. The molecule has 1 fully saturated rings. The average molecular weight is 345 g/mol. The summed E-state index contributed by atoms with van der Waals surface area (Å²) >= 11 is 5.98. The molecule has 0 saturated heterocycles. The van der Waals surface area contributed by atoms with E-state index in [9.17, 15) is 4.79 Å². The van der Waals surface area contributed by atoms with Gasteiger partial charge in [-0.25, -0.2) is 0 Å². The van der Waals surface area contributed by atoms with Crippen LogP contribution in [0.15, 0.2) is 30.3 Å². The fraction of sp³-hybridized carbons (Fsp3) is 0.450. The second-order valence-electron chi connectivity index (χ2n) is 7.03. The van der Waals surface area contributed by atoms with Crippen LogP contribution >= 0.6 is 11.6 Å². The zero-order valence-corrected chi connectivity index (χ0v) is 15.4. The maximum Gasteiger partial charge on any atom is 0.253 e. The maximum atomic E-state index is 12.7. The SMILES string of the molecule is Cc1cc(C(=O)NC2CCC(C)CC2)c(C)n1-c1ccc(Cl)cc1. The Hall–Kier alpha value is -1.74. The average Bonchev–Trinajstić information content (AvgIpc) is 2.85. The standard InChI is InChI=1S/C20H25ClN2O/c1-13-4-8-17(9-5-13)22-20(24)19-12-14(2)23(15(19)3)18-10-6-16(21)7-11-18/h6-7,10-13,17H,4-5,8-9H2,1-3H3,(H,22,24). The van der Waals surface area contributed by atoms with Gasteiger partial charge in [0.1, 0.15) is 0 Å². The van der Waals surface area contributed by atoms with Gasteiger partial charge >= 0.3 is 0 Å². The molecule has 1 amide bonds. The molecule has 1 aromatic heterocycles. The molecular formula is C20H25ClN2O. The van der Waals surface area contributed by atoms with E-state index in [1.807, 2.05) is 44.2 Å². The number of benzene rings is 1.